The summed E-state index contributed by atoms with van der Waals surface area (Å²) in [5.74, 6) is 0. The van der Waals surface area contributed by atoms with Gasteiger partial charge in [0, 0.05) is 24.5 Å². The van der Waals surface area contributed by atoms with Gasteiger partial charge in [-0.15, -0.1) is 0 Å². The van der Waals surface area contributed by atoms with Crippen molar-refractivity contribution in [3.8, 4) is 0 Å². The normalized spacial score (nSPS) is 0. The van der Waals surface area contributed by atoms with E-state index in [4.69, 9.17) is 0 Å². The Hall–Kier alpha value is 0.999. The molecule has 1 nitrogen and oxygen atoms in total. The smallest absolute Gasteiger partial charge is 2.00 e. The summed E-state index contributed by atoms with van der Waals surface area (Å²) in [7, 11) is 0. The van der Waals surface area contributed by atoms with Gasteiger partial charge >= 0.3 is 17.1 Å². The maximum atomic E-state index is 0. The van der Waals surface area contributed by atoms with E-state index < -0.39 is 0 Å². The summed E-state index contributed by atoms with van der Waals surface area (Å²) < 4.78 is 0. The molecule has 0 bridgehead atoms. The summed E-state index contributed by atoms with van der Waals surface area (Å²) in [6, 6.07) is 0. The molecule has 0 aromatic heterocycles. The summed E-state index contributed by atoms with van der Waals surface area (Å²) in [5, 5.41) is 0. The maximum absolute atomic E-state index is 0. The van der Waals surface area contributed by atoms with Gasteiger partial charge in [-0.2, -0.15) is 0 Å². The molecule has 0 aromatic carbocycles. The summed E-state index contributed by atoms with van der Waals surface area (Å²) in [6.07, 6.45) is 0. The average Bonchev–Trinajstić information content (AvgIpc) is 0. The van der Waals surface area contributed by atoms with E-state index in [1.54, 1.807) is 0 Å². The fourth-order valence-corrected chi connectivity index (χ4v) is 0. The molecule has 0 aliphatic rings. The van der Waals surface area contributed by atoms with E-state index in [-0.39, 0.29) is 47.0 Å². The fourth-order valence-electron chi connectivity index (χ4n) is 0. The van der Waals surface area contributed by atoms with Crippen molar-refractivity contribution in [2.45, 2.75) is 0 Å². The zero-order valence-corrected chi connectivity index (χ0v) is 3.39. The van der Waals surface area contributed by atoms with Crippen LogP contribution in [-0.4, -0.2) is 0 Å². The van der Waals surface area contributed by atoms with Crippen molar-refractivity contribution in [1.82, 2.24) is 0 Å². The molecule has 0 aromatic rings. The number of hydrogen-bond acceptors (Lipinski definition) is 0. The second-order valence-electron chi connectivity index (χ2n) is 0. The van der Waals surface area contributed by atoms with E-state index in [0.717, 1.165) is 0 Å². The van der Waals surface area contributed by atoms with Gasteiger partial charge in [-0.3, -0.25) is 0 Å². The van der Waals surface area contributed by atoms with E-state index in [1.807, 2.05) is 0 Å². The molecule has 0 saturated carbocycles. The summed E-state index contributed by atoms with van der Waals surface area (Å²) in [4.78, 5) is 0. The number of hydrogen-bond donors (Lipinski definition) is 0. The van der Waals surface area contributed by atoms with Crippen LogP contribution in [0.1, 0.15) is 0 Å². The van der Waals surface area contributed by atoms with Crippen LogP contribution in [0.2, 0.25) is 0 Å². The van der Waals surface area contributed by atoms with Crippen LogP contribution in [0.4, 0.5) is 0 Å². The summed E-state index contributed by atoms with van der Waals surface area (Å²) in [5.41, 5.74) is 0. The molecule has 0 atom stereocenters. The van der Waals surface area contributed by atoms with Crippen molar-refractivity contribution in [2.75, 3.05) is 0 Å². The minimum absolute atomic E-state index is 0. The maximum Gasteiger partial charge on any atom is 2.00 e. The molecule has 0 amide bonds. The van der Waals surface area contributed by atoms with Gasteiger partial charge in [-0.25, -0.2) is 0 Å². The quantitative estimate of drug-likeness (QED) is 0.439. The third-order valence-electron chi connectivity index (χ3n) is 0. The molecule has 0 N–H and O–H groups in total. The van der Waals surface area contributed by atoms with Gasteiger partial charge < -0.3 is 5.48 Å². The first kappa shape index (κ1) is 80.1. The van der Waals surface area contributed by atoms with Crippen molar-refractivity contribution >= 4 is 0 Å². The molecule has 0 aliphatic heterocycles. The third-order valence-corrected chi connectivity index (χ3v) is 0. The van der Waals surface area contributed by atoms with Gasteiger partial charge in [-0.05, 0) is 0 Å². The molecule has 6 radical (unpaired) electrons. The molecule has 0 unspecified atom stereocenters. The second kappa shape index (κ2) is 36.0. The Balaban J connectivity index is 0. The van der Waals surface area contributed by atoms with Crippen LogP contribution < -0.4 is 0 Å². The van der Waals surface area contributed by atoms with E-state index in [1.165, 1.54) is 0 Å². The minimum atomic E-state index is 0. The molecule has 0 saturated heterocycles. The predicted octanol–water partition coefficient (Wildman–Crippen LogP) is -0.0425. The molecule has 0 aliphatic carbocycles. The first-order valence-electron chi connectivity index (χ1n) is 0. The van der Waals surface area contributed by atoms with Gasteiger partial charge in [0.2, 0.25) is 0 Å². The Labute approximate surface area is 47.4 Å². The van der Waals surface area contributed by atoms with E-state index in [0.29, 0.717) is 0 Å². The van der Waals surface area contributed by atoms with Crippen molar-refractivity contribution in [2.24, 2.45) is 0 Å². The van der Waals surface area contributed by atoms with Gasteiger partial charge in [0.1, 0.15) is 0 Å². The van der Waals surface area contributed by atoms with Crippen molar-refractivity contribution < 1.29 is 39.6 Å². The van der Waals surface area contributed by atoms with Crippen LogP contribution in [0.3, 0.4) is 0 Å². The summed E-state index contributed by atoms with van der Waals surface area (Å²) in [6.45, 7) is 0. The fraction of sp³-hybridized carbons (Fsp3) is 0. The van der Waals surface area contributed by atoms with Gasteiger partial charge in [0.05, 0.1) is 0 Å². The van der Waals surface area contributed by atoms with Crippen LogP contribution in [-0.2, 0) is 39.6 Å². The molecule has 0 rings (SSSR count). The first-order valence-corrected chi connectivity index (χ1v) is 0. The Bertz CT molecular complexity index is 6.00. The van der Waals surface area contributed by atoms with E-state index in [2.05, 4.69) is 0 Å². The van der Waals surface area contributed by atoms with Crippen LogP contribution in [0.15, 0.2) is 0 Å². The zero-order chi connectivity index (χ0) is 0. The number of rotatable bonds is 0. The molecule has 0 spiro atoms. The van der Waals surface area contributed by atoms with Crippen LogP contribution in [0.5, 0.6) is 0 Å². The molecular formula is CCu2O. The van der Waals surface area contributed by atoms with E-state index >= 15 is 0 Å². The topological polar surface area (TPSA) is 28.5 Å². The molecule has 3 heteroatoms. The summed E-state index contributed by atoms with van der Waals surface area (Å²) >= 11 is 0. The molecule has 0 fully saturated rings. The predicted molar refractivity (Wildman–Crippen MR) is 3.93 cm³/mol. The van der Waals surface area contributed by atoms with Crippen molar-refractivity contribution in [3.05, 3.63) is 7.43 Å². The first-order chi connectivity index (χ1) is 0. The molecule has 4 heavy (non-hydrogen) atoms. The van der Waals surface area contributed by atoms with Crippen LogP contribution in [0, 0.1) is 7.43 Å². The van der Waals surface area contributed by atoms with E-state index in [9.17, 15) is 0 Å². The zero-order valence-electron chi connectivity index (χ0n) is 1.51. The Kier molecular flexibility index (Phi) is 722. The minimum Gasteiger partial charge on any atom is -2.00 e. The standard InChI is InChI=1S/C.2Cu.O/q;;+2;-2. The molecular weight excluding hydrogens is 155 g/mol. The largest absolute Gasteiger partial charge is 2.00 e. The third kappa shape index (κ3) is 12.0. The Morgan fingerprint density at radius 1 is 1.00 bits per heavy atom. The van der Waals surface area contributed by atoms with Gasteiger partial charge in [-0.1, -0.05) is 0 Å². The second-order valence-corrected chi connectivity index (χ2v) is 0. The van der Waals surface area contributed by atoms with Crippen molar-refractivity contribution in [1.29, 1.82) is 0 Å². The molecule has 0 heterocycles. The molecule has 32 valence electrons. The van der Waals surface area contributed by atoms with Crippen molar-refractivity contribution in [3.63, 3.8) is 0 Å². The SMILES string of the molecule is [C].[Cu+2].[Cu].[O-2]. The van der Waals surface area contributed by atoms with Crippen LogP contribution >= 0.6 is 0 Å². The van der Waals surface area contributed by atoms with Gasteiger partial charge in [0.15, 0.2) is 0 Å². The monoisotopic (exact) mass is 154 g/mol. The van der Waals surface area contributed by atoms with Gasteiger partial charge in [0.25, 0.3) is 0 Å². The Morgan fingerprint density at radius 3 is 1.00 bits per heavy atom. The average molecular weight is 155 g/mol. The van der Waals surface area contributed by atoms with Crippen LogP contribution in [0.25, 0.3) is 0 Å². The Morgan fingerprint density at radius 2 is 1.00 bits per heavy atom.